The fourth-order valence-electron chi connectivity index (χ4n) is 2.34. The molecule has 0 aliphatic heterocycles. The van der Waals surface area contributed by atoms with E-state index >= 15 is 0 Å². The molecule has 1 N–H and O–H groups in total. The molecule has 0 radical (unpaired) electrons. The van der Waals surface area contributed by atoms with E-state index in [2.05, 4.69) is 15.6 Å². The molecule has 0 aromatic carbocycles. The first-order valence-corrected chi connectivity index (χ1v) is 7.05. The molecule has 20 heavy (non-hydrogen) atoms. The van der Waals surface area contributed by atoms with Crippen molar-refractivity contribution in [2.45, 2.75) is 51.6 Å². The first-order chi connectivity index (χ1) is 9.69. The van der Waals surface area contributed by atoms with Crippen LogP contribution < -0.4 is 5.32 Å². The van der Waals surface area contributed by atoms with Gasteiger partial charge in [-0.1, -0.05) is 24.5 Å². The highest BCUT2D eigenvalue weighted by Crippen LogP contribution is 2.17. The Hall–Kier alpha value is -1.92. The van der Waals surface area contributed by atoms with Crippen molar-refractivity contribution in [2.75, 3.05) is 6.61 Å². The maximum Gasteiger partial charge on any atom is 0.360 e. The lowest BCUT2D eigenvalue weighted by atomic mass is 9.95. The number of nitrogens with zero attached hydrogens (tertiary/aromatic N) is 3. The Morgan fingerprint density at radius 3 is 2.85 bits per heavy atom. The summed E-state index contributed by atoms with van der Waals surface area (Å²) >= 11 is 0. The van der Waals surface area contributed by atoms with Crippen molar-refractivity contribution in [1.29, 1.82) is 0 Å². The van der Waals surface area contributed by atoms with Crippen LogP contribution in [0.3, 0.4) is 0 Å². The van der Waals surface area contributed by atoms with E-state index in [1.165, 1.54) is 30.1 Å². The molecule has 0 atom stereocenters. The van der Waals surface area contributed by atoms with Gasteiger partial charge in [-0.3, -0.25) is 4.79 Å². The summed E-state index contributed by atoms with van der Waals surface area (Å²) in [5.74, 6) is -0.622. The number of hydrogen-bond donors (Lipinski definition) is 1. The molecule has 0 saturated heterocycles. The third-order valence-electron chi connectivity index (χ3n) is 3.30. The van der Waals surface area contributed by atoms with Crippen LogP contribution in [0.4, 0.5) is 0 Å². The third-order valence-corrected chi connectivity index (χ3v) is 3.30. The Labute approximate surface area is 117 Å². The second-order valence-corrected chi connectivity index (χ2v) is 4.92. The minimum atomic E-state index is -0.522. The average Bonchev–Trinajstić information content (AvgIpc) is 2.88. The minimum absolute atomic E-state index is 0.0723. The molecule has 1 aliphatic rings. The molecular weight excluding hydrogens is 260 g/mol. The van der Waals surface area contributed by atoms with Gasteiger partial charge in [0.15, 0.2) is 5.69 Å². The number of aromatic nitrogens is 3. The van der Waals surface area contributed by atoms with Gasteiger partial charge < -0.3 is 10.1 Å². The molecule has 1 aliphatic carbocycles. The number of rotatable bonds is 5. The topological polar surface area (TPSA) is 86.1 Å². The van der Waals surface area contributed by atoms with Crippen molar-refractivity contribution in [3.8, 4) is 0 Å². The Morgan fingerprint density at radius 2 is 2.15 bits per heavy atom. The number of esters is 1. The van der Waals surface area contributed by atoms with Crippen molar-refractivity contribution < 1.29 is 14.3 Å². The summed E-state index contributed by atoms with van der Waals surface area (Å²) in [7, 11) is 0. The number of ether oxygens (including phenoxy) is 1. The summed E-state index contributed by atoms with van der Waals surface area (Å²) in [5.41, 5.74) is 0.123. The van der Waals surface area contributed by atoms with Gasteiger partial charge in [0.2, 0.25) is 5.91 Å². The largest absolute Gasteiger partial charge is 0.461 e. The molecular formula is C13H20N4O3. The Bertz CT molecular complexity index is 466. The number of amides is 1. The van der Waals surface area contributed by atoms with Crippen LogP contribution in [-0.2, 0) is 16.1 Å². The standard InChI is InChI=1S/C13H20N4O3/c1-2-20-13(19)11-8-17(16-15-11)9-12(18)14-10-6-4-3-5-7-10/h8,10H,2-7,9H2,1H3,(H,14,18). The molecule has 7 heteroatoms. The lowest BCUT2D eigenvalue weighted by molar-refractivity contribution is -0.122. The maximum atomic E-state index is 11.9. The van der Waals surface area contributed by atoms with Gasteiger partial charge in [-0.15, -0.1) is 5.10 Å². The summed E-state index contributed by atoms with van der Waals surface area (Å²) in [6, 6.07) is 0.268. The molecule has 1 aromatic heterocycles. The van der Waals surface area contributed by atoms with E-state index in [0.29, 0.717) is 0 Å². The van der Waals surface area contributed by atoms with E-state index in [0.717, 1.165) is 12.8 Å². The highest BCUT2D eigenvalue weighted by molar-refractivity contribution is 5.86. The van der Waals surface area contributed by atoms with E-state index in [1.807, 2.05) is 0 Å². The first kappa shape index (κ1) is 14.5. The molecule has 2 rings (SSSR count). The van der Waals surface area contributed by atoms with Crippen LogP contribution >= 0.6 is 0 Å². The van der Waals surface area contributed by atoms with Gasteiger partial charge in [0, 0.05) is 6.04 Å². The lowest BCUT2D eigenvalue weighted by Crippen LogP contribution is -2.38. The number of carbonyl (C=O) groups is 2. The van der Waals surface area contributed by atoms with Gasteiger partial charge in [0.05, 0.1) is 12.8 Å². The molecule has 0 spiro atoms. The minimum Gasteiger partial charge on any atom is -0.461 e. The quantitative estimate of drug-likeness (QED) is 0.810. The van der Waals surface area contributed by atoms with Gasteiger partial charge in [0.1, 0.15) is 6.54 Å². The van der Waals surface area contributed by atoms with Crippen molar-refractivity contribution >= 4 is 11.9 Å². The summed E-state index contributed by atoms with van der Waals surface area (Å²) < 4.78 is 6.16. The van der Waals surface area contributed by atoms with Crippen LogP contribution in [-0.4, -0.2) is 39.5 Å². The maximum absolute atomic E-state index is 11.9. The summed E-state index contributed by atoms with van der Waals surface area (Å²) in [6.45, 7) is 2.08. The second-order valence-electron chi connectivity index (χ2n) is 4.92. The lowest BCUT2D eigenvalue weighted by Gasteiger charge is -2.22. The summed E-state index contributed by atoms with van der Waals surface area (Å²) in [6.07, 6.45) is 7.09. The number of nitrogens with one attached hydrogen (secondary N) is 1. The molecule has 0 bridgehead atoms. The highest BCUT2D eigenvalue weighted by Gasteiger charge is 2.17. The number of carbonyl (C=O) groups excluding carboxylic acids is 2. The fraction of sp³-hybridized carbons (Fsp3) is 0.692. The number of hydrogen-bond acceptors (Lipinski definition) is 5. The monoisotopic (exact) mass is 280 g/mol. The Kier molecular flexibility index (Phi) is 5.09. The molecule has 1 amide bonds. The molecule has 0 unspecified atom stereocenters. The zero-order valence-corrected chi connectivity index (χ0v) is 11.7. The van der Waals surface area contributed by atoms with E-state index in [-0.39, 0.29) is 30.8 Å². The SMILES string of the molecule is CCOC(=O)c1cn(CC(=O)NC2CCCCC2)nn1. The van der Waals surface area contributed by atoms with Crippen LogP contribution in [0.1, 0.15) is 49.5 Å². The summed E-state index contributed by atoms with van der Waals surface area (Å²) in [5, 5.41) is 10.4. The normalized spacial score (nSPS) is 15.8. The van der Waals surface area contributed by atoms with Crippen LogP contribution in [0.15, 0.2) is 6.20 Å². The van der Waals surface area contributed by atoms with E-state index < -0.39 is 5.97 Å². The molecule has 1 aromatic rings. The smallest absolute Gasteiger partial charge is 0.360 e. The highest BCUT2D eigenvalue weighted by atomic mass is 16.5. The van der Waals surface area contributed by atoms with Crippen molar-refractivity contribution in [3.63, 3.8) is 0 Å². The van der Waals surface area contributed by atoms with Gasteiger partial charge in [-0.25, -0.2) is 9.48 Å². The van der Waals surface area contributed by atoms with Gasteiger partial charge >= 0.3 is 5.97 Å². The van der Waals surface area contributed by atoms with E-state index in [4.69, 9.17) is 4.74 Å². The third kappa shape index (κ3) is 4.04. The summed E-state index contributed by atoms with van der Waals surface area (Å²) in [4.78, 5) is 23.3. The van der Waals surface area contributed by atoms with Crippen LogP contribution in [0.25, 0.3) is 0 Å². The Morgan fingerprint density at radius 1 is 1.40 bits per heavy atom. The predicted octanol–water partition coefficient (Wildman–Crippen LogP) is 0.904. The average molecular weight is 280 g/mol. The van der Waals surface area contributed by atoms with Crippen molar-refractivity contribution in [2.24, 2.45) is 0 Å². The molecule has 1 saturated carbocycles. The van der Waals surface area contributed by atoms with Crippen LogP contribution in [0.2, 0.25) is 0 Å². The first-order valence-electron chi connectivity index (χ1n) is 7.05. The predicted molar refractivity (Wildman–Crippen MR) is 71.0 cm³/mol. The van der Waals surface area contributed by atoms with E-state index in [1.54, 1.807) is 6.92 Å². The fourth-order valence-corrected chi connectivity index (χ4v) is 2.34. The zero-order chi connectivity index (χ0) is 14.4. The van der Waals surface area contributed by atoms with E-state index in [9.17, 15) is 9.59 Å². The zero-order valence-electron chi connectivity index (χ0n) is 11.7. The van der Waals surface area contributed by atoms with Crippen LogP contribution in [0, 0.1) is 0 Å². The van der Waals surface area contributed by atoms with Gasteiger partial charge in [0.25, 0.3) is 0 Å². The van der Waals surface area contributed by atoms with Crippen LogP contribution in [0.5, 0.6) is 0 Å². The van der Waals surface area contributed by atoms with Gasteiger partial charge in [-0.2, -0.15) is 0 Å². The molecule has 1 fully saturated rings. The molecule has 110 valence electrons. The Balaban J connectivity index is 1.83. The molecule has 7 nitrogen and oxygen atoms in total. The van der Waals surface area contributed by atoms with Crippen molar-refractivity contribution in [1.82, 2.24) is 20.3 Å². The second kappa shape index (κ2) is 7.02. The van der Waals surface area contributed by atoms with Gasteiger partial charge in [-0.05, 0) is 19.8 Å². The molecule has 1 heterocycles. The van der Waals surface area contributed by atoms with Crippen molar-refractivity contribution in [3.05, 3.63) is 11.9 Å².